The molecule has 1 N–H and O–H groups in total. The number of halogens is 3. The van der Waals surface area contributed by atoms with E-state index in [2.05, 4.69) is 10.3 Å². The van der Waals surface area contributed by atoms with Gasteiger partial charge in [-0.25, -0.2) is 13.8 Å². The van der Waals surface area contributed by atoms with Crippen LogP contribution in [0.2, 0.25) is 5.02 Å². The third-order valence-electron chi connectivity index (χ3n) is 4.20. The van der Waals surface area contributed by atoms with E-state index in [0.717, 1.165) is 23.3 Å². The van der Waals surface area contributed by atoms with Gasteiger partial charge in [0.05, 0.1) is 0 Å². The first-order valence-corrected chi connectivity index (χ1v) is 10.00. The summed E-state index contributed by atoms with van der Waals surface area (Å²) in [5.74, 6) is -2.13. The minimum atomic E-state index is -0.923. The number of thiazole rings is 1. The highest BCUT2D eigenvalue weighted by Crippen LogP contribution is 2.34. The maximum Gasteiger partial charge on any atom is 0.278 e. The quantitative estimate of drug-likeness (QED) is 0.370. The van der Waals surface area contributed by atoms with E-state index in [4.69, 9.17) is 16.3 Å². The van der Waals surface area contributed by atoms with Crippen molar-refractivity contribution in [2.24, 2.45) is 0 Å². The number of nitrogens with zero attached hydrogens (tertiary/aromatic N) is 1. The number of nitrogens with one attached hydrogen (secondary N) is 1. The van der Waals surface area contributed by atoms with Crippen LogP contribution in [0.25, 0.3) is 11.1 Å². The maximum absolute atomic E-state index is 13.8. The van der Waals surface area contributed by atoms with Crippen LogP contribution in [0.15, 0.2) is 72.2 Å². The number of hydrogen-bond donors (Lipinski definition) is 1. The molecule has 3 aromatic carbocycles. The van der Waals surface area contributed by atoms with Gasteiger partial charge in [0.15, 0.2) is 0 Å². The lowest BCUT2D eigenvalue weighted by molar-refractivity contribution is 0.101. The standard InChI is InChI=1S/C22H13ClF2N2O2S/c23-17-9-8-15(29-22-26-10-11-30-22)12-16(17)13-4-6-14(7-5-13)27-21(28)20-18(24)2-1-3-19(20)25/h1-12H,(H,27,28). The van der Waals surface area contributed by atoms with Gasteiger partial charge in [0.25, 0.3) is 11.1 Å². The molecule has 0 aliphatic rings. The SMILES string of the molecule is O=C(Nc1ccc(-c2cc(Oc3nccs3)ccc2Cl)cc1)c1c(F)cccc1F. The highest BCUT2D eigenvalue weighted by Gasteiger charge is 2.17. The van der Waals surface area contributed by atoms with Crippen molar-refractivity contribution in [2.75, 3.05) is 5.32 Å². The van der Waals surface area contributed by atoms with E-state index >= 15 is 0 Å². The summed E-state index contributed by atoms with van der Waals surface area (Å²) in [7, 11) is 0. The second-order valence-electron chi connectivity index (χ2n) is 6.17. The summed E-state index contributed by atoms with van der Waals surface area (Å²) in [6.07, 6.45) is 1.65. The Bertz CT molecular complexity index is 1180. The van der Waals surface area contributed by atoms with Gasteiger partial charge in [-0.1, -0.05) is 41.1 Å². The molecule has 0 saturated carbocycles. The van der Waals surface area contributed by atoms with Crippen LogP contribution < -0.4 is 10.1 Å². The zero-order valence-electron chi connectivity index (χ0n) is 15.2. The monoisotopic (exact) mass is 442 g/mol. The third kappa shape index (κ3) is 4.32. The van der Waals surface area contributed by atoms with Crippen LogP contribution in [0.4, 0.5) is 14.5 Å². The molecule has 1 heterocycles. The Morgan fingerprint density at radius 3 is 2.43 bits per heavy atom. The fraction of sp³-hybridized carbons (Fsp3) is 0. The minimum absolute atomic E-state index is 0.387. The van der Waals surface area contributed by atoms with Crippen LogP contribution in [0.5, 0.6) is 10.9 Å². The van der Waals surface area contributed by atoms with Gasteiger partial charge in [0.2, 0.25) is 0 Å². The Labute approximate surface area is 179 Å². The number of hydrogen-bond acceptors (Lipinski definition) is 4. The van der Waals surface area contributed by atoms with Crippen molar-refractivity contribution in [3.8, 4) is 22.1 Å². The molecule has 0 fully saturated rings. The molecule has 0 aliphatic carbocycles. The Morgan fingerprint density at radius 1 is 1.03 bits per heavy atom. The van der Waals surface area contributed by atoms with Crippen LogP contribution in [-0.4, -0.2) is 10.9 Å². The van der Waals surface area contributed by atoms with E-state index in [1.165, 1.54) is 17.4 Å². The molecule has 0 radical (unpaired) electrons. The number of rotatable bonds is 5. The molecule has 1 amide bonds. The van der Waals surface area contributed by atoms with Crippen LogP contribution >= 0.6 is 22.9 Å². The smallest absolute Gasteiger partial charge is 0.278 e. The summed E-state index contributed by atoms with van der Waals surface area (Å²) in [4.78, 5) is 16.3. The van der Waals surface area contributed by atoms with Gasteiger partial charge in [-0.15, -0.1) is 0 Å². The number of anilines is 1. The van der Waals surface area contributed by atoms with E-state index in [-0.39, 0.29) is 0 Å². The number of benzene rings is 3. The van der Waals surface area contributed by atoms with Crippen molar-refractivity contribution in [2.45, 2.75) is 0 Å². The first-order chi connectivity index (χ1) is 14.5. The van der Waals surface area contributed by atoms with Crippen LogP contribution in [0.1, 0.15) is 10.4 Å². The summed E-state index contributed by atoms with van der Waals surface area (Å²) < 4.78 is 33.3. The van der Waals surface area contributed by atoms with Crippen molar-refractivity contribution in [3.05, 3.63) is 94.5 Å². The van der Waals surface area contributed by atoms with Crippen LogP contribution in [-0.2, 0) is 0 Å². The summed E-state index contributed by atoms with van der Waals surface area (Å²) in [5.41, 5.74) is 1.26. The van der Waals surface area contributed by atoms with Crippen molar-refractivity contribution < 1.29 is 18.3 Å². The number of carbonyl (C=O) groups excluding carboxylic acids is 1. The lowest BCUT2D eigenvalue weighted by atomic mass is 10.0. The molecule has 0 saturated heterocycles. The lowest BCUT2D eigenvalue weighted by Crippen LogP contribution is -2.15. The molecule has 8 heteroatoms. The molecule has 30 heavy (non-hydrogen) atoms. The van der Waals surface area contributed by atoms with E-state index < -0.39 is 23.1 Å². The van der Waals surface area contributed by atoms with Crippen molar-refractivity contribution >= 4 is 34.5 Å². The van der Waals surface area contributed by atoms with Crippen LogP contribution in [0, 0.1) is 11.6 Å². The van der Waals surface area contributed by atoms with Crippen molar-refractivity contribution in [3.63, 3.8) is 0 Å². The molecule has 4 nitrogen and oxygen atoms in total. The molecule has 0 atom stereocenters. The van der Waals surface area contributed by atoms with Gasteiger partial charge >= 0.3 is 0 Å². The molecular weight excluding hydrogens is 430 g/mol. The average Bonchev–Trinajstić information content (AvgIpc) is 3.23. The fourth-order valence-corrected chi connectivity index (χ4v) is 3.52. The van der Waals surface area contributed by atoms with Gasteiger partial charge in [0.1, 0.15) is 22.9 Å². The highest BCUT2D eigenvalue weighted by molar-refractivity contribution is 7.11. The summed E-state index contributed by atoms with van der Waals surface area (Å²) in [6, 6.07) is 15.2. The minimum Gasteiger partial charge on any atom is -0.431 e. The number of ether oxygens (including phenoxy) is 1. The van der Waals surface area contributed by atoms with Gasteiger partial charge in [-0.3, -0.25) is 4.79 Å². The van der Waals surface area contributed by atoms with Gasteiger partial charge in [-0.2, -0.15) is 0 Å². The van der Waals surface area contributed by atoms with E-state index in [1.54, 1.807) is 48.7 Å². The van der Waals surface area contributed by atoms with Crippen molar-refractivity contribution in [1.29, 1.82) is 0 Å². The second-order valence-corrected chi connectivity index (χ2v) is 7.43. The van der Waals surface area contributed by atoms with Crippen LogP contribution in [0.3, 0.4) is 0 Å². The topological polar surface area (TPSA) is 51.2 Å². The molecule has 150 valence electrons. The molecule has 1 aromatic heterocycles. The molecular formula is C22H13ClF2N2O2S. The third-order valence-corrected chi connectivity index (χ3v) is 5.17. The first kappa shape index (κ1) is 20.0. The Kier molecular flexibility index (Phi) is 5.74. The largest absolute Gasteiger partial charge is 0.431 e. The predicted molar refractivity (Wildman–Crippen MR) is 113 cm³/mol. The average molecular weight is 443 g/mol. The summed E-state index contributed by atoms with van der Waals surface area (Å²) in [5, 5.41) is 5.34. The van der Waals surface area contributed by atoms with Gasteiger partial charge in [-0.05, 0) is 48.0 Å². The van der Waals surface area contributed by atoms with E-state index in [1.807, 2.05) is 5.38 Å². The molecule has 4 aromatic rings. The fourth-order valence-electron chi connectivity index (χ4n) is 2.79. The van der Waals surface area contributed by atoms with E-state index in [9.17, 15) is 13.6 Å². The van der Waals surface area contributed by atoms with Gasteiger partial charge in [0, 0.05) is 27.9 Å². The Hall–Kier alpha value is -3.29. The molecule has 0 aliphatic heterocycles. The predicted octanol–water partition coefficient (Wildman–Crippen LogP) is 6.79. The molecule has 0 unspecified atom stereocenters. The number of aromatic nitrogens is 1. The summed E-state index contributed by atoms with van der Waals surface area (Å²) >= 11 is 7.70. The Morgan fingerprint density at radius 2 is 1.77 bits per heavy atom. The van der Waals surface area contributed by atoms with E-state index in [0.29, 0.717) is 21.7 Å². The molecule has 4 rings (SSSR count). The summed E-state index contributed by atoms with van der Waals surface area (Å²) in [6.45, 7) is 0. The number of amides is 1. The van der Waals surface area contributed by atoms with Crippen molar-refractivity contribution in [1.82, 2.24) is 4.98 Å². The Balaban J connectivity index is 1.54. The lowest BCUT2D eigenvalue weighted by Gasteiger charge is -2.10. The zero-order valence-corrected chi connectivity index (χ0v) is 16.8. The maximum atomic E-state index is 13.8. The molecule has 0 spiro atoms. The molecule has 0 bridgehead atoms. The first-order valence-electron chi connectivity index (χ1n) is 8.74. The zero-order chi connectivity index (χ0) is 21.1. The number of carbonyl (C=O) groups is 1. The van der Waals surface area contributed by atoms with Gasteiger partial charge < -0.3 is 10.1 Å². The highest BCUT2D eigenvalue weighted by atomic mass is 35.5. The normalized spacial score (nSPS) is 10.6. The second kappa shape index (κ2) is 8.61.